The van der Waals surface area contributed by atoms with E-state index in [1.807, 2.05) is 0 Å². The third-order valence-electron chi connectivity index (χ3n) is 3.21. The highest BCUT2D eigenvalue weighted by molar-refractivity contribution is 7.91. The minimum absolute atomic E-state index is 0.00389. The molecule has 2 rings (SSSR count). The van der Waals surface area contributed by atoms with Crippen molar-refractivity contribution in [1.29, 1.82) is 0 Å². The van der Waals surface area contributed by atoms with Crippen molar-refractivity contribution in [2.75, 3.05) is 23.4 Å². The molecule has 9 nitrogen and oxygen atoms in total. The third kappa shape index (κ3) is 4.65. The van der Waals surface area contributed by atoms with E-state index in [9.17, 15) is 23.3 Å². The molecule has 0 spiro atoms. The Kier molecular flexibility index (Phi) is 4.91. The molecule has 10 heteroatoms. The number of aromatic nitrogens is 1. The zero-order valence-corrected chi connectivity index (χ0v) is 12.5. The van der Waals surface area contributed by atoms with E-state index in [1.165, 1.54) is 12.1 Å². The first kappa shape index (κ1) is 16.1. The van der Waals surface area contributed by atoms with Crippen LogP contribution in [0.4, 0.5) is 11.5 Å². The lowest BCUT2D eigenvalue weighted by Gasteiger charge is -2.11. The molecule has 0 radical (unpaired) electrons. The smallest absolute Gasteiger partial charge is 0.287 e. The van der Waals surface area contributed by atoms with E-state index in [-0.39, 0.29) is 35.6 Å². The highest BCUT2D eigenvalue weighted by Crippen LogP contribution is 2.12. The van der Waals surface area contributed by atoms with Gasteiger partial charge < -0.3 is 10.6 Å². The van der Waals surface area contributed by atoms with Crippen LogP contribution in [-0.4, -0.2) is 48.3 Å². The summed E-state index contributed by atoms with van der Waals surface area (Å²) in [6.07, 6.45) is 1.74. The summed E-state index contributed by atoms with van der Waals surface area (Å²) in [7, 11) is -3.01. The third-order valence-corrected chi connectivity index (χ3v) is 4.98. The molecule has 0 aromatic carbocycles. The number of pyridine rings is 1. The van der Waals surface area contributed by atoms with Crippen LogP contribution in [0.2, 0.25) is 0 Å². The van der Waals surface area contributed by atoms with Gasteiger partial charge in [0.1, 0.15) is 12.0 Å². The summed E-state index contributed by atoms with van der Waals surface area (Å²) in [6, 6.07) is 2.47. The average molecular weight is 328 g/mol. The Labute approximate surface area is 127 Å². The predicted molar refractivity (Wildman–Crippen MR) is 79.2 cm³/mol. The summed E-state index contributed by atoms with van der Waals surface area (Å²) in [5.41, 5.74) is -0.106. The van der Waals surface area contributed by atoms with Gasteiger partial charge in [0.25, 0.3) is 5.69 Å². The summed E-state index contributed by atoms with van der Waals surface area (Å²) >= 11 is 0. The lowest BCUT2D eigenvalue weighted by Crippen LogP contribution is -2.36. The van der Waals surface area contributed by atoms with Gasteiger partial charge >= 0.3 is 0 Å². The van der Waals surface area contributed by atoms with Gasteiger partial charge in [-0.15, -0.1) is 0 Å². The SMILES string of the molecule is O=C(CCNc1ccc([N+](=O)[O-])cn1)N[C@@H]1CCS(=O)(=O)C1. The van der Waals surface area contributed by atoms with Gasteiger partial charge in [-0.1, -0.05) is 0 Å². The normalized spacial score (nSPS) is 19.5. The molecular weight excluding hydrogens is 312 g/mol. The number of hydrogen-bond acceptors (Lipinski definition) is 7. The van der Waals surface area contributed by atoms with E-state index in [1.54, 1.807) is 0 Å². The Balaban J connectivity index is 1.72. The van der Waals surface area contributed by atoms with Gasteiger partial charge in [-0.2, -0.15) is 0 Å². The Hall–Kier alpha value is -2.23. The number of anilines is 1. The first-order valence-corrected chi connectivity index (χ1v) is 8.52. The van der Waals surface area contributed by atoms with Crippen molar-refractivity contribution in [3.05, 3.63) is 28.4 Å². The fourth-order valence-electron chi connectivity index (χ4n) is 2.11. The molecule has 1 atom stereocenters. The van der Waals surface area contributed by atoms with Crippen LogP contribution in [0.3, 0.4) is 0 Å². The van der Waals surface area contributed by atoms with Gasteiger partial charge in [0.2, 0.25) is 5.91 Å². The van der Waals surface area contributed by atoms with Crippen LogP contribution in [0.1, 0.15) is 12.8 Å². The second kappa shape index (κ2) is 6.69. The highest BCUT2D eigenvalue weighted by Gasteiger charge is 2.28. The number of rotatable bonds is 6. The summed E-state index contributed by atoms with van der Waals surface area (Å²) in [5, 5.41) is 16.0. The van der Waals surface area contributed by atoms with Crippen molar-refractivity contribution in [2.24, 2.45) is 0 Å². The summed E-state index contributed by atoms with van der Waals surface area (Å²) < 4.78 is 22.6. The van der Waals surface area contributed by atoms with Crippen molar-refractivity contribution in [3.63, 3.8) is 0 Å². The molecule has 1 aromatic rings. The Morgan fingerprint density at radius 2 is 2.23 bits per heavy atom. The Morgan fingerprint density at radius 3 is 2.77 bits per heavy atom. The first-order valence-electron chi connectivity index (χ1n) is 6.70. The summed E-state index contributed by atoms with van der Waals surface area (Å²) in [5.74, 6) is 0.303. The lowest BCUT2D eigenvalue weighted by molar-refractivity contribution is -0.385. The number of nitrogens with one attached hydrogen (secondary N) is 2. The van der Waals surface area contributed by atoms with Crippen LogP contribution in [0.15, 0.2) is 18.3 Å². The molecule has 1 aliphatic rings. The second-order valence-corrected chi connectivity index (χ2v) is 7.23. The lowest BCUT2D eigenvalue weighted by atomic mass is 10.2. The van der Waals surface area contributed by atoms with E-state index in [0.717, 1.165) is 6.20 Å². The number of amides is 1. The molecule has 0 bridgehead atoms. The van der Waals surface area contributed by atoms with Crippen molar-refractivity contribution in [2.45, 2.75) is 18.9 Å². The molecule has 1 saturated heterocycles. The molecular formula is C12H16N4O5S. The van der Waals surface area contributed by atoms with Crippen LogP contribution in [0.25, 0.3) is 0 Å². The fourth-order valence-corrected chi connectivity index (χ4v) is 3.78. The minimum atomic E-state index is -3.01. The van der Waals surface area contributed by atoms with Crippen LogP contribution in [-0.2, 0) is 14.6 Å². The standard InChI is InChI=1S/C12H16N4O5S/c17-12(15-9-4-6-22(20,21)8-9)3-5-13-11-2-1-10(7-14-11)16(18)19/h1-2,7,9H,3-6,8H2,(H,13,14)(H,15,17)/t9-/m1/s1. The number of nitrogens with zero attached hydrogens (tertiary/aromatic N) is 2. The summed E-state index contributed by atoms with van der Waals surface area (Å²) in [4.78, 5) is 25.5. The molecule has 120 valence electrons. The van der Waals surface area contributed by atoms with Crippen LogP contribution in [0.5, 0.6) is 0 Å². The maximum atomic E-state index is 11.7. The highest BCUT2D eigenvalue weighted by atomic mass is 32.2. The molecule has 1 aliphatic heterocycles. The monoisotopic (exact) mass is 328 g/mol. The largest absolute Gasteiger partial charge is 0.370 e. The van der Waals surface area contributed by atoms with E-state index in [4.69, 9.17) is 0 Å². The molecule has 1 amide bonds. The number of sulfone groups is 1. The summed E-state index contributed by atoms with van der Waals surface area (Å²) in [6.45, 7) is 0.302. The van der Waals surface area contributed by atoms with Gasteiger partial charge in [0.05, 0.1) is 16.4 Å². The Bertz CT molecular complexity index is 659. The molecule has 1 fully saturated rings. The molecule has 2 N–H and O–H groups in total. The maximum Gasteiger partial charge on any atom is 0.287 e. The van der Waals surface area contributed by atoms with Crippen molar-refractivity contribution in [1.82, 2.24) is 10.3 Å². The van der Waals surface area contributed by atoms with E-state index >= 15 is 0 Å². The molecule has 1 aromatic heterocycles. The maximum absolute atomic E-state index is 11.7. The van der Waals surface area contributed by atoms with Crippen molar-refractivity contribution < 1.29 is 18.1 Å². The molecule has 0 unspecified atom stereocenters. The number of carbonyl (C=O) groups is 1. The van der Waals surface area contributed by atoms with E-state index in [0.29, 0.717) is 18.8 Å². The zero-order valence-electron chi connectivity index (χ0n) is 11.7. The number of carbonyl (C=O) groups excluding carboxylic acids is 1. The van der Waals surface area contributed by atoms with Gasteiger partial charge in [-0.05, 0) is 12.5 Å². The topological polar surface area (TPSA) is 131 Å². The quantitative estimate of drug-likeness (QED) is 0.559. The molecule has 0 aliphatic carbocycles. The van der Waals surface area contributed by atoms with Crippen molar-refractivity contribution >= 4 is 27.2 Å². The van der Waals surface area contributed by atoms with Gasteiger partial charge in [-0.3, -0.25) is 14.9 Å². The molecule has 2 heterocycles. The first-order chi connectivity index (χ1) is 10.4. The van der Waals surface area contributed by atoms with Gasteiger partial charge in [-0.25, -0.2) is 13.4 Å². The van der Waals surface area contributed by atoms with E-state index in [2.05, 4.69) is 15.6 Å². The number of hydrogen-bond donors (Lipinski definition) is 2. The van der Waals surface area contributed by atoms with Crippen LogP contribution >= 0.6 is 0 Å². The Morgan fingerprint density at radius 1 is 1.45 bits per heavy atom. The minimum Gasteiger partial charge on any atom is -0.370 e. The fraction of sp³-hybridized carbons (Fsp3) is 0.500. The molecule has 22 heavy (non-hydrogen) atoms. The number of nitro groups is 1. The van der Waals surface area contributed by atoms with Crippen LogP contribution in [0, 0.1) is 10.1 Å². The van der Waals surface area contributed by atoms with Crippen molar-refractivity contribution in [3.8, 4) is 0 Å². The molecule has 0 saturated carbocycles. The average Bonchev–Trinajstić information content (AvgIpc) is 2.78. The predicted octanol–water partition coefficient (Wildman–Crippen LogP) is 0.0951. The van der Waals surface area contributed by atoms with Crippen LogP contribution < -0.4 is 10.6 Å². The van der Waals surface area contributed by atoms with Gasteiger partial charge in [0, 0.05) is 25.1 Å². The zero-order chi connectivity index (χ0) is 16.2. The van der Waals surface area contributed by atoms with Gasteiger partial charge in [0.15, 0.2) is 9.84 Å². The second-order valence-electron chi connectivity index (χ2n) is 5.00. The van der Waals surface area contributed by atoms with E-state index < -0.39 is 14.8 Å².